The summed E-state index contributed by atoms with van der Waals surface area (Å²) in [5.74, 6) is -0.257. The minimum absolute atomic E-state index is 0.0581. The van der Waals surface area contributed by atoms with Crippen molar-refractivity contribution >= 4 is 27.3 Å². The third-order valence-electron chi connectivity index (χ3n) is 4.50. The van der Waals surface area contributed by atoms with E-state index in [1.54, 1.807) is 36.0 Å². The quantitative estimate of drug-likeness (QED) is 0.722. The smallest absolute Gasteiger partial charge is 0.229 e. The Morgan fingerprint density at radius 2 is 2.12 bits per heavy atom. The van der Waals surface area contributed by atoms with Gasteiger partial charge in [0.2, 0.25) is 15.9 Å². The molecule has 1 fully saturated rings. The van der Waals surface area contributed by atoms with Crippen molar-refractivity contribution in [1.82, 2.24) is 15.1 Å². The molecule has 1 aromatic heterocycles. The van der Waals surface area contributed by atoms with Gasteiger partial charge in [-0.2, -0.15) is 5.10 Å². The van der Waals surface area contributed by atoms with E-state index in [1.165, 1.54) is 0 Å². The molecule has 26 heavy (non-hydrogen) atoms. The number of nitrogens with one attached hydrogen (secondary N) is 3. The fourth-order valence-electron chi connectivity index (χ4n) is 3.18. The number of benzene rings is 1. The van der Waals surface area contributed by atoms with Crippen LogP contribution >= 0.6 is 0 Å². The van der Waals surface area contributed by atoms with Crippen molar-refractivity contribution in [3.8, 4) is 0 Å². The van der Waals surface area contributed by atoms with Gasteiger partial charge in [-0.15, -0.1) is 0 Å². The van der Waals surface area contributed by atoms with Crippen molar-refractivity contribution in [3.63, 3.8) is 0 Å². The van der Waals surface area contributed by atoms with Gasteiger partial charge < -0.3 is 10.6 Å². The van der Waals surface area contributed by atoms with Crippen LogP contribution in [0.4, 0.5) is 11.4 Å². The Morgan fingerprint density at radius 3 is 2.77 bits per heavy atom. The number of nitrogens with zero attached hydrogens (tertiary/aromatic N) is 2. The standard InChI is InChI=1S/C17H23N5O3S/c1-11-4-5-13(6-16(11)21-26(3,24)25)20-17(23)15-9-18-8-14(15)12-7-19-22(2)10-12/h4-7,10,14-15,18,21H,8-9H2,1-3H3,(H,20,23)/t14-,15+/m1/s1. The Labute approximate surface area is 153 Å². The van der Waals surface area contributed by atoms with Gasteiger partial charge in [0.25, 0.3) is 0 Å². The van der Waals surface area contributed by atoms with Gasteiger partial charge in [-0.3, -0.25) is 14.2 Å². The maximum absolute atomic E-state index is 12.8. The van der Waals surface area contributed by atoms with E-state index in [9.17, 15) is 13.2 Å². The van der Waals surface area contributed by atoms with Gasteiger partial charge in [0.05, 0.1) is 24.1 Å². The van der Waals surface area contributed by atoms with Crippen LogP contribution in [0.1, 0.15) is 17.0 Å². The van der Waals surface area contributed by atoms with E-state index in [1.807, 2.05) is 13.2 Å². The molecular formula is C17H23N5O3S. The fourth-order valence-corrected chi connectivity index (χ4v) is 3.80. The summed E-state index contributed by atoms with van der Waals surface area (Å²) in [5, 5.41) is 10.3. The first-order valence-electron chi connectivity index (χ1n) is 8.31. The molecule has 2 atom stereocenters. The molecule has 0 aliphatic carbocycles. The Kier molecular flexibility index (Phi) is 5.01. The summed E-state index contributed by atoms with van der Waals surface area (Å²) in [6.07, 6.45) is 4.82. The van der Waals surface area contributed by atoms with Crippen LogP contribution in [0.5, 0.6) is 0 Å². The summed E-state index contributed by atoms with van der Waals surface area (Å²) in [6, 6.07) is 5.17. The SMILES string of the molecule is Cc1ccc(NC(=O)[C@H]2CNC[C@@H]2c2cnn(C)c2)cc1NS(C)(=O)=O. The molecule has 0 saturated carbocycles. The molecule has 1 aromatic carbocycles. The van der Waals surface area contributed by atoms with E-state index in [0.29, 0.717) is 17.9 Å². The first-order valence-corrected chi connectivity index (χ1v) is 10.2. The minimum Gasteiger partial charge on any atom is -0.326 e. The minimum atomic E-state index is -3.39. The highest BCUT2D eigenvalue weighted by Gasteiger charge is 2.34. The third kappa shape index (κ3) is 4.23. The van der Waals surface area contributed by atoms with Gasteiger partial charge in [-0.1, -0.05) is 6.07 Å². The highest BCUT2D eigenvalue weighted by molar-refractivity contribution is 7.92. The van der Waals surface area contributed by atoms with Crippen LogP contribution in [-0.2, 0) is 21.9 Å². The average Bonchev–Trinajstić information content (AvgIpc) is 3.17. The van der Waals surface area contributed by atoms with Gasteiger partial charge in [-0.25, -0.2) is 8.42 Å². The molecule has 2 heterocycles. The Bertz CT molecular complexity index is 922. The van der Waals surface area contributed by atoms with Gasteiger partial charge in [-0.05, 0) is 30.2 Å². The van der Waals surface area contributed by atoms with Crippen molar-refractivity contribution in [1.29, 1.82) is 0 Å². The molecule has 8 nitrogen and oxygen atoms in total. The van der Waals surface area contributed by atoms with Crippen molar-refractivity contribution in [2.75, 3.05) is 29.4 Å². The Hall–Kier alpha value is -2.39. The molecule has 1 aliphatic rings. The van der Waals surface area contributed by atoms with E-state index < -0.39 is 10.0 Å². The molecule has 0 unspecified atom stereocenters. The summed E-state index contributed by atoms with van der Waals surface area (Å²) >= 11 is 0. The lowest BCUT2D eigenvalue weighted by molar-refractivity contribution is -0.119. The zero-order valence-corrected chi connectivity index (χ0v) is 15.8. The van der Waals surface area contributed by atoms with Crippen LogP contribution < -0.4 is 15.4 Å². The zero-order chi connectivity index (χ0) is 18.9. The van der Waals surface area contributed by atoms with Crippen molar-refractivity contribution in [2.45, 2.75) is 12.8 Å². The molecule has 0 bridgehead atoms. The number of hydrogen-bond donors (Lipinski definition) is 3. The first-order chi connectivity index (χ1) is 12.2. The number of aryl methyl sites for hydroxylation is 2. The maximum atomic E-state index is 12.8. The first kappa shape index (κ1) is 18.4. The maximum Gasteiger partial charge on any atom is 0.229 e. The number of anilines is 2. The predicted molar refractivity (Wildman–Crippen MR) is 101 cm³/mol. The summed E-state index contributed by atoms with van der Waals surface area (Å²) in [5.41, 5.74) is 2.83. The van der Waals surface area contributed by atoms with Crippen LogP contribution in [0.2, 0.25) is 0 Å². The van der Waals surface area contributed by atoms with Crippen LogP contribution in [0.25, 0.3) is 0 Å². The highest BCUT2D eigenvalue weighted by atomic mass is 32.2. The summed E-state index contributed by atoms with van der Waals surface area (Å²) in [7, 11) is -1.53. The largest absolute Gasteiger partial charge is 0.326 e. The molecule has 0 radical (unpaired) electrons. The lowest BCUT2D eigenvalue weighted by atomic mass is 9.90. The lowest BCUT2D eigenvalue weighted by Gasteiger charge is -2.18. The number of carbonyl (C=O) groups excluding carboxylic acids is 1. The molecular weight excluding hydrogens is 354 g/mol. The van der Waals surface area contributed by atoms with E-state index in [2.05, 4.69) is 20.5 Å². The van der Waals surface area contributed by atoms with Crippen LogP contribution in [0.15, 0.2) is 30.6 Å². The third-order valence-corrected chi connectivity index (χ3v) is 5.10. The second-order valence-electron chi connectivity index (χ2n) is 6.71. The van der Waals surface area contributed by atoms with Gasteiger partial charge in [0.15, 0.2) is 0 Å². The molecule has 1 amide bonds. The molecule has 1 aliphatic heterocycles. The summed E-state index contributed by atoms with van der Waals surface area (Å²) < 4.78 is 27.2. The number of rotatable bonds is 5. The van der Waals surface area contributed by atoms with Crippen molar-refractivity contribution in [2.24, 2.45) is 13.0 Å². The fraction of sp³-hybridized carbons (Fsp3) is 0.412. The Morgan fingerprint density at radius 1 is 1.35 bits per heavy atom. The predicted octanol–water partition coefficient (Wildman–Crippen LogP) is 1.04. The van der Waals surface area contributed by atoms with Gasteiger partial charge in [0, 0.05) is 37.9 Å². The lowest BCUT2D eigenvalue weighted by Crippen LogP contribution is -2.28. The van der Waals surface area contributed by atoms with Gasteiger partial charge in [0.1, 0.15) is 0 Å². The molecule has 3 rings (SSSR count). The normalized spacial score (nSPS) is 20.1. The van der Waals surface area contributed by atoms with Gasteiger partial charge >= 0.3 is 0 Å². The van der Waals surface area contributed by atoms with Crippen LogP contribution in [-0.4, -0.2) is 43.5 Å². The zero-order valence-electron chi connectivity index (χ0n) is 15.0. The molecule has 3 N–H and O–H groups in total. The number of aromatic nitrogens is 2. The van der Waals surface area contributed by atoms with Crippen LogP contribution in [0, 0.1) is 12.8 Å². The second kappa shape index (κ2) is 7.08. The second-order valence-corrected chi connectivity index (χ2v) is 8.46. The summed E-state index contributed by atoms with van der Waals surface area (Å²) in [4.78, 5) is 12.8. The van der Waals surface area contributed by atoms with E-state index >= 15 is 0 Å². The topological polar surface area (TPSA) is 105 Å². The highest BCUT2D eigenvalue weighted by Crippen LogP contribution is 2.29. The molecule has 9 heteroatoms. The van der Waals surface area contributed by atoms with E-state index in [4.69, 9.17) is 0 Å². The monoisotopic (exact) mass is 377 g/mol. The molecule has 140 valence electrons. The molecule has 1 saturated heterocycles. The van der Waals surface area contributed by atoms with Crippen LogP contribution in [0.3, 0.4) is 0 Å². The Balaban J connectivity index is 1.76. The average molecular weight is 377 g/mol. The number of carbonyl (C=O) groups is 1. The number of sulfonamides is 1. The van der Waals surface area contributed by atoms with E-state index in [-0.39, 0.29) is 17.7 Å². The summed E-state index contributed by atoms with van der Waals surface area (Å²) in [6.45, 7) is 3.11. The van der Waals surface area contributed by atoms with Crippen molar-refractivity contribution < 1.29 is 13.2 Å². The molecule has 0 spiro atoms. The number of hydrogen-bond acceptors (Lipinski definition) is 5. The van der Waals surface area contributed by atoms with Crippen molar-refractivity contribution in [3.05, 3.63) is 41.7 Å². The molecule has 2 aromatic rings. The number of amides is 1. The van der Waals surface area contributed by atoms with E-state index in [0.717, 1.165) is 23.9 Å².